The number of aromatic carboxylic acids is 1. The molecule has 86 valence electrons. The van der Waals surface area contributed by atoms with Gasteiger partial charge in [-0.25, -0.2) is 4.79 Å². The second-order valence-corrected chi connectivity index (χ2v) is 3.88. The van der Waals surface area contributed by atoms with Crippen LogP contribution in [0.2, 0.25) is 0 Å². The highest BCUT2D eigenvalue weighted by molar-refractivity contribution is 6.03. The number of rotatable bonds is 2. The van der Waals surface area contributed by atoms with Gasteiger partial charge in [0.25, 0.3) is 5.56 Å². The van der Waals surface area contributed by atoms with Crippen molar-refractivity contribution >= 4 is 22.3 Å². The number of carboxylic acid groups (broad SMARTS) is 1. The van der Waals surface area contributed by atoms with E-state index in [4.69, 9.17) is 5.11 Å². The van der Waals surface area contributed by atoms with Gasteiger partial charge in [0.2, 0.25) is 0 Å². The van der Waals surface area contributed by atoms with Crippen LogP contribution in [-0.4, -0.2) is 16.1 Å². The summed E-state index contributed by atoms with van der Waals surface area (Å²) in [5.74, 6) is -1.06. The van der Waals surface area contributed by atoms with Gasteiger partial charge in [-0.1, -0.05) is 18.2 Å². The molecule has 2 aromatic rings. The molecule has 0 saturated carbocycles. The van der Waals surface area contributed by atoms with Gasteiger partial charge in [0.15, 0.2) is 0 Å². The predicted octanol–water partition coefficient (Wildman–Crippen LogP) is 2.26. The molecule has 4 nitrogen and oxygen atoms in total. The highest BCUT2D eigenvalue weighted by Crippen LogP contribution is 2.20. The van der Waals surface area contributed by atoms with Crippen LogP contribution < -0.4 is 5.56 Å². The first-order valence-electron chi connectivity index (χ1n) is 5.05. The van der Waals surface area contributed by atoms with Gasteiger partial charge in [0.1, 0.15) is 0 Å². The summed E-state index contributed by atoms with van der Waals surface area (Å²) in [4.78, 5) is 25.0. The number of allylic oxidation sites excluding steroid dienone is 1. The maximum Gasteiger partial charge on any atom is 0.337 e. The van der Waals surface area contributed by atoms with Crippen LogP contribution in [-0.2, 0) is 0 Å². The minimum atomic E-state index is -1.06. The Bertz CT molecular complexity index is 683. The standard InChI is InChI=1S/C13H11NO3/c1-7(2)8-3-4-9-10(5-8)11(13(16)17)6-14-12(9)15/h3-6H,1H2,2H3,(H,14,15)(H,16,17). The molecule has 0 aliphatic heterocycles. The van der Waals surface area contributed by atoms with Crippen molar-refractivity contribution in [2.24, 2.45) is 0 Å². The van der Waals surface area contributed by atoms with Crippen LogP contribution in [0.15, 0.2) is 35.8 Å². The molecule has 0 amide bonds. The molecule has 0 radical (unpaired) electrons. The number of fused-ring (bicyclic) bond motifs is 1. The van der Waals surface area contributed by atoms with Crippen LogP contribution in [0.3, 0.4) is 0 Å². The fraction of sp³-hybridized carbons (Fsp3) is 0.0769. The summed E-state index contributed by atoms with van der Waals surface area (Å²) < 4.78 is 0. The lowest BCUT2D eigenvalue weighted by atomic mass is 10.0. The molecule has 1 aromatic heterocycles. The Morgan fingerprint density at radius 3 is 2.65 bits per heavy atom. The zero-order valence-electron chi connectivity index (χ0n) is 9.28. The number of benzene rings is 1. The zero-order chi connectivity index (χ0) is 12.6. The molecule has 0 aliphatic rings. The van der Waals surface area contributed by atoms with E-state index in [-0.39, 0.29) is 11.1 Å². The van der Waals surface area contributed by atoms with E-state index in [1.54, 1.807) is 18.2 Å². The summed E-state index contributed by atoms with van der Waals surface area (Å²) in [7, 11) is 0. The summed E-state index contributed by atoms with van der Waals surface area (Å²) >= 11 is 0. The van der Waals surface area contributed by atoms with Gasteiger partial charge >= 0.3 is 5.97 Å². The second kappa shape index (κ2) is 3.90. The lowest BCUT2D eigenvalue weighted by molar-refractivity contribution is 0.0698. The first kappa shape index (κ1) is 11.1. The molecule has 0 bridgehead atoms. The molecule has 4 heteroatoms. The Hall–Kier alpha value is -2.36. The van der Waals surface area contributed by atoms with Crippen molar-refractivity contribution in [3.05, 3.63) is 52.5 Å². The van der Waals surface area contributed by atoms with Crippen LogP contribution in [0, 0.1) is 0 Å². The largest absolute Gasteiger partial charge is 0.478 e. The molecule has 0 fully saturated rings. The van der Waals surface area contributed by atoms with Crippen molar-refractivity contribution in [3.63, 3.8) is 0 Å². The molecular formula is C13H11NO3. The van der Waals surface area contributed by atoms with Crippen LogP contribution in [0.1, 0.15) is 22.8 Å². The smallest absolute Gasteiger partial charge is 0.337 e. The third kappa shape index (κ3) is 1.85. The Kier molecular flexibility index (Phi) is 2.55. The molecule has 2 rings (SSSR count). The average Bonchev–Trinajstić information content (AvgIpc) is 2.28. The van der Waals surface area contributed by atoms with Crippen molar-refractivity contribution in [1.29, 1.82) is 0 Å². The SMILES string of the molecule is C=C(C)c1ccc2c(=O)[nH]cc(C(=O)O)c2c1. The molecule has 0 unspecified atom stereocenters. The van der Waals surface area contributed by atoms with Crippen LogP contribution in [0.5, 0.6) is 0 Å². The van der Waals surface area contributed by atoms with Crippen molar-refractivity contribution in [1.82, 2.24) is 4.98 Å². The number of aromatic nitrogens is 1. The Morgan fingerprint density at radius 2 is 2.06 bits per heavy atom. The maximum atomic E-state index is 11.6. The highest BCUT2D eigenvalue weighted by atomic mass is 16.4. The molecule has 0 atom stereocenters. The van der Waals surface area contributed by atoms with Crippen molar-refractivity contribution in [2.45, 2.75) is 6.92 Å². The van der Waals surface area contributed by atoms with E-state index in [1.807, 2.05) is 6.92 Å². The normalized spacial score (nSPS) is 10.4. The van der Waals surface area contributed by atoms with Crippen molar-refractivity contribution in [2.75, 3.05) is 0 Å². The van der Waals surface area contributed by atoms with E-state index < -0.39 is 5.97 Å². The first-order chi connectivity index (χ1) is 8.00. The van der Waals surface area contributed by atoms with E-state index in [2.05, 4.69) is 11.6 Å². The minimum absolute atomic E-state index is 0.0858. The number of hydrogen-bond acceptors (Lipinski definition) is 2. The average molecular weight is 229 g/mol. The predicted molar refractivity (Wildman–Crippen MR) is 66.2 cm³/mol. The lowest BCUT2D eigenvalue weighted by Crippen LogP contribution is -2.10. The molecule has 1 aromatic carbocycles. The number of carbonyl (C=O) groups is 1. The second-order valence-electron chi connectivity index (χ2n) is 3.88. The minimum Gasteiger partial charge on any atom is -0.478 e. The molecule has 0 spiro atoms. The summed E-state index contributed by atoms with van der Waals surface area (Å²) in [6.07, 6.45) is 1.22. The Labute approximate surface area is 97.2 Å². The van der Waals surface area contributed by atoms with E-state index >= 15 is 0 Å². The van der Waals surface area contributed by atoms with Crippen LogP contribution in [0.4, 0.5) is 0 Å². The van der Waals surface area contributed by atoms with E-state index in [0.29, 0.717) is 10.8 Å². The van der Waals surface area contributed by atoms with Gasteiger partial charge in [-0.2, -0.15) is 0 Å². The summed E-state index contributed by atoms with van der Waals surface area (Å²) in [5.41, 5.74) is 1.44. The number of nitrogens with one attached hydrogen (secondary N) is 1. The number of H-pyrrole nitrogens is 1. The first-order valence-corrected chi connectivity index (χ1v) is 5.05. The third-order valence-corrected chi connectivity index (χ3v) is 2.63. The lowest BCUT2D eigenvalue weighted by Gasteiger charge is -2.05. The molecular weight excluding hydrogens is 218 g/mol. The number of hydrogen-bond donors (Lipinski definition) is 2. The van der Waals surface area contributed by atoms with Crippen LogP contribution >= 0.6 is 0 Å². The van der Waals surface area contributed by atoms with Crippen molar-refractivity contribution < 1.29 is 9.90 Å². The van der Waals surface area contributed by atoms with Gasteiger partial charge in [-0.05, 0) is 24.6 Å². The summed E-state index contributed by atoms with van der Waals surface area (Å²) in [6.45, 7) is 5.62. The maximum absolute atomic E-state index is 11.6. The monoisotopic (exact) mass is 229 g/mol. The van der Waals surface area contributed by atoms with Gasteiger partial charge < -0.3 is 10.1 Å². The van der Waals surface area contributed by atoms with E-state index in [9.17, 15) is 9.59 Å². The summed E-state index contributed by atoms with van der Waals surface area (Å²) in [5, 5.41) is 9.86. The zero-order valence-corrected chi connectivity index (χ0v) is 9.28. The molecule has 0 aliphatic carbocycles. The fourth-order valence-corrected chi connectivity index (χ4v) is 1.70. The fourth-order valence-electron chi connectivity index (χ4n) is 1.70. The van der Waals surface area contributed by atoms with Gasteiger partial charge in [-0.15, -0.1) is 0 Å². The van der Waals surface area contributed by atoms with Gasteiger partial charge in [0, 0.05) is 17.0 Å². The van der Waals surface area contributed by atoms with Crippen molar-refractivity contribution in [3.8, 4) is 0 Å². The number of aromatic amines is 1. The third-order valence-electron chi connectivity index (χ3n) is 2.63. The van der Waals surface area contributed by atoms with E-state index in [0.717, 1.165) is 11.1 Å². The summed E-state index contributed by atoms with van der Waals surface area (Å²) in [6, 6.07) is 5.05. The van der Waals surface area contributed by atoms with Crippen LogP contribution in [0.25, 0.3) is 16.3 Å². The molecule has 0 saturated heterocycles. The number of carboxylic acids is 1. The van der Waals surface area contributed by atoms with Gasteiger partial charge in [-0.3, -0.25) is 4.79 Å². The Balaban J connectivity index is 2.90. The highest BCUT2D eigenvalue weighted by Gasteiger charge is 2.11. The number of pyridine rings is 1. The van der Waals surface area contributed by atoms with Gasteiger partial charge in [0.05, 0.1) is 5.56 Å². The van der Waals surface area contributed by atoms with E-state index in [1.165, 1.54) is 6.20 Å². The molecule has 2 N–H and O–H groups in total. The molecule has 17 heavy (non-hydrogen) atoms. The quantitative estimate of drug-likeness (QED) is 0.829. The molecule has 1 heterocycles. The Morgan fingerprint density at radius 1 is 1.35 bits per heavy atom. The topological polar surface area (TPSA) is 70.2 Å².